The van der Waals surface area contributed by atoms with Crippen LogP contribution in [0.15, 0.2) is 12.2 Å². The summed E-state index contributed by atoms with van der Waals surface area (Å²) in [4.78, 5) is 22.7. The van der Waals surface area contributed by atoms with E-state index in [0.717, 1.165) is 0 Å². The second-order valence-electron chi connectivity index (χ2n) is 3.74. The molecule has 0 fully saturated rings. The first-order chi connectivity index (χ1) is 8.34. The summed E-state index contributed by atoms with van der Waals surface area (Å²) in [5, 5.41) is 0. The van der Waals surface area contributed by atoms with Crippen molar-refractivity contribution in [3.8, 4) is 0 Å². The first-order valence-electron chi connectivity index (χ1n) is 5.66. The maximum Gasteiger partial charge on any atom is 0.333 e. The van der Waals surface area contributed by atoms with Crippen molar-refractivity contribution >= 4 is 11.9 Å². The Kier molecular flexibility index (Phi) is 7.16. The summed E-state index contributed by atoms with van der Waals surface area (Å²) < 4.78 is 35.1. The molecule has 0 radical (unpaired) electrons. The zero-order chi connectivity index (χ0) is 14.3. The van der Waals surface area contributed by atoms with Gasteiger partial charge in [0.1, 0.15) is 6.10 Å². The minimum atomic E-state index is -2.95. The molecule has 0 amide bonds. The van der Waals surface area contributed by atoms with Gasteiger partial charge in [-0.25, -0.2) is 13.6 Å². The highest BCUT2D eigenvalue weighted by atomic mass is 19.3. The molecule has 2 unspecified atom stereocenters. The monoisotopic (exact) mass is 264 g/mol. The number of carbonyl (C=O) groups is 2. The Labute approximate surface area is 105 Å². The molecule has 2 atom stereocenters. The highest BCUT2D eigenvalue weighted by Crippen LogP contribution is 2.22. The second kappa shape index (κ2) is 7.79. The van der Waals surface area contributed by atoms with E-state index in [0.29, 0.717) is 0 Å². The van der Waals surface area contributed by atoms with Gasteiger partial charge in [0.2, 0.25) is 0 Å². The quantitative estimate of drug-likeness (QED) is 0.523. The first kappa shape index (κ1) is 16.5. The van der Waals surface area contributed by atoms with Crippen molar-refractivity contribution in [3.05, 3.63) is 12.2 Å². The molecule has 0 aromatic carbocycles. The molecule has 0 aliphatic heterocycles. The third-order valence-electron chi connectivity index (χ3n) is 2.24. The van der Waals surface area contributed by atoms with Crippen LogP contribution < -0.4 is 0 Å². The molecule has 4 nitrogen and oxygen atoms in total. The molecule has 0 spiro atoms. The summed E-state index contributed by atoms with van der Waals surface area (Å²) in [7, 11) is 0. The van der Waals surface area contributed by atoms with Gasteiger partial charge in [0.05, 0.1) is 6.61 Å². The molecular formula is C12H18F2O4. The fraction of sp³-hybridized carbons (Fsp3) is 0.667. The average molecular weight is 264 g/mol. The number of alkyl halides is 2. The van der Waals surface area contributed by atoms with Crippen LogP contribution in [0.2, 0.25) is 0 Å². The third kappa shape index (κ3) is 4.81. The normalized spacial score (nSPS) is 13.9. The van der Waals surface area contributed by atoms with Gasteiger partial charge in [-0.05, 0) is 20.3 Å². The topological polar surface area (TPSA) is 52.6 Å². The Balaban J connectivity index is 4.88. The lowest BCUT2D eigenvalue weighted by Crippen LogP contribution is -2.38. The van der Waals surface area contributed by atoms with Crippen LogP contribution in [0.4, 0.5) is 8.78 Å². The van der Waals surface area contributed by atoms with Crippen LogP contribution in [-0.4, -0.2) is 31.1 Å². The number of ether oxygens (including phenoxy) is 2. The smallest absolute Gasteiger partial charge is 0.333 e. The number of hydrogen-bond acceptors (Lipinski definition) is 4. The first-order valence-corrected chi connectivity index (χ1v) is 5.66. The second-order valence-corrected chi connectivity index (χ2v) is 3.74. The zero-order valence-electron chi connectivity index (χ0n) is 10.7. The van der Waals surface area contributed by atoms with Gasteiger partial charge in [0.15, 0.2) is 5.92 Å². The zero-order valence-corrected chi connectivity index (χ0v) is 10.7. The number of halogens is 2. The molecular weight excluding hydrogens is 246 g/mol. The molecule has 0 saturated heterocycles. The molecule has 104 valence electrons. The lowest BCUT2D eigenvalue weighted by Gasteiger charge is -2.24. The van der Waals surface area contributed by atoms with E-state index in [4.69, 9.17) is 4.74 Å². The molecule has 0 aromatic heterocycles. The Morgan fingerprint density at radius 1 is 1.28 bits per heavy atom. The Hall–Kier alpha value is -1.46. The summed E-state index contributed by atoms with van der Waals surface area (Å²) in [5.74, 6) is -3.62. The number of carbonyl (C=O) groups excluding carboxylic acids is 2. The van der Waals surface area contributed by atoms with Crippen molar-refractivity contribution in [2.24, 2.45) is 5.92 Å². The van der Waals surface area contributed by atoms with Crippen molar-refractivity contribution in [2.75, 3.05) is 6.61 Å². The Morgan fingerprint density at radius 3 is 2.17 bits per heavy atom. The SMILES string of the molecule is C=C(C)C(=O)OC(CC)C(C(=O)OCC)C(F)F. The molecule has 0 heterocycles. The van der Waals surface area contributed by atoms with Crippen molar-refractivity contribution in [3.63, 3.8) is 0 Å². The van der Waals surface area contributed by atoms with Gasteiger partial charge in [-0.3, -0.25) is 4.79 Å². The molecule has 0 aliphatic carbocycles. The van der Waals surface area contributed by atoms with E-state index < -0.39 is 30.4 Å². The fourth-order valence-electron chi connectivity index (χ4n) is 1.30. The van der Waals surface area contributed by atoms with Gasteiger partial charge < -0.3 is 9.47 Å². The number of hydrogen-bond donors (Lipinski definition) is 0. The molecule has 0 aliphatic rings. The highest BCUT2D eigenvalue weighted by Gasteiger charge is 2.39. The van der Waals surface area contributed by atoms with E-state index in [1.807, 2.05) is 0 Å². The molecule has 0 N–H and O–H groups in total. The van der Waals surface area contributed by atoms with Crippen LogP contribution in [0.1, 0.15) is 27.2 Å². The predicted molar refractivity (Wildman–Crippen MR) is 61.1 cm³/mol. The van der Waals surface area contributed by atoms with E-state index in [9.17, 15) is 18.4 Å². The summed E-state index contributed by atoms with van der Waals surface area (Å²) in [6.45, 7) is 7.80. The number of rotatable bonds is 7. The molecule has 6 heteroatoms. The van der Waals surface area contributed by atoms with E-state index in [-0.39, 0.29) is 18.6 Å². The van der Waals surface area contributed by atoms with Gasteiger partial charge in [-0.15, -0.1) is 0 Å². The summed E-state index contributed by atoms with van der Waals surface area (Å²) in [5.41, 5.74) is 0.0883. The van der Waals surface area contributed by atoms with Crippen molar-refractivity contribution in [2.45, 2.75) is 39.7 Å². The summed E-state index contributed by atoms with van der Waals surface area (Å²) in [6, 6.07) is 0. The standard InChI is InChI=1S/C12H18F2O4/c1-5-8(18-11(15)7(3)4)9(10(13)14)12(16)17-6-2/h8-10H,3,5-6H2,1-2,4H3. The van der Waals surface area contributed by atoms with Gasteiger partial charge >= 0.3 is 11.9 Å². The molecule has 0 bridgehead atoms. The summed E-state index contributed by atoms with van der Waals surface area (Å²) in [6.07, 6.45) is -4.08. The molecule has 0 saturated carbocycles. The highest BCUT2D eigenvalue weighted by molar-refractivity contribution is 5.87. The Morgan fingerprint density at radius 2 is 1.83 bits per heavy atom. The molecule has 0 aromatic rings. The minimum Gasteiger partial charge on any atom is -0.466 e. The Bertz CT molecular complexity index is 315. The maximum absolute atomic E-state index is 12.8. The van der Waals surface area contributed by atoms with Crippen LogP contribution in [0.25, 0.3) is 0 Å². The van der Waals surface area contributed by atoms with Crippen LogP contribution >= 0.6 is 0 Å². The van der Waals surface area contributed by atoms with E-state index in [1.54, 1.807) is 6.92 Å². The maximum atomic E-state index is 12.8. The predicted octanol–water partition coefficient (Wildman–Crippen LogP) is 2.33. The lowest BCUT2D eigenvalue weighted by atomic mass is 10.0. The van der Waals surface area contributed by atoms with E-state index in [1.165, 1.54) is 13.8 Å². The largest absolute Gasteiger partial charge is 0.466 e. The van der Waals surface area contributed by atoms with Crippen LogP contribution in [0, 0.1) is 5.92 Å². The van der Waals surface area contributed by atoms with Crippen molar-refractivity contribution < 1.29 is 27.8 Å². The van der Waals surface area contributed by atoms with Crippen LogP contribution in [0.3, 0.4) is 0 Å². The number of esters is 2. The van der Waals surface area contributed by atoms with Crippen LogP contribution in [0.5, 0.6) is 0 Å². The van der Waals surface area contributed by atoms with Gasteiger partial charge in [-0.2, -0.15) is 0 Å². The average Bonchev–Trinajstić information content (AvgIpc) is 2.27. The fourth-order valence-corrected chi connectivity index (χ4v) is 1.30. The minimum absolute atomic E-state index is 0.00702. The van der Waals surface area contributed by atoms with Gasteiger partial charge in [-0.1, -0.05) is 13.5 Å². The summed E-state index contributed by atoms with van der Waals surface area (Å²) >= 11 is 0. The van der Waals surface area contributed by atoms with E-state index in [2.05, 4.69) is 11.3 Å². The van der Waals surface area contributed by atoms with Crippen LogP contribution in [-0.2, 0) is 19.1 Å². The van der Waals surface area contributed by atoms with E-state index >= 15 is 0 Å². The van der Waals surface area contributed by atoms with Crippen molar-refractivity contribution in [1.29, 1.82) is 0 Å². The third-order valence-corrected chi connectivity index (χ3v) is 2.24. The molecule has 0 rings (SSSR count). The van der Waals surface area contributed by atoms with Crippen molar-refractivity contribution in [1.82, 2.24) is 0 Å². The van der Waals surface area contributed by atoms with Gasteiger partial charge in [0.25, 0.3) is 6.43 Å². The van der Waals surface area contributed by atoms with Gasteiger partial charge in [0, 0.05) is 5.57 Å². The molecule has 18 heavy (non-hydrogen) atoms. The lowest BCUT2D eigenvalue weighted by molar-refractivity contribution is -0.167.